The molecule has 1 amide bonds. The Kier molecular flexibility index (Phi) is 5.11. The van der Waals surface area contributed by atoms with Gasteiger partial charge in [0, 0.05) is 4.90 Å². The van der Waals surface area contributed by atoms with Crippen LogP contribution < -0.4 is 15.8 Å². The number of para-hydroxylation sites is 2. The first-order valence-electron chi connectivity index (χ1n) is 6.52. The second kappa shape index (κ2) is 7.04. The fraction of sp³-hybridized carbons (Fsp3) is 0.188. The lowest BCUT2D eigenvalue weighted by Crippen LogP contribution is -2.21. The Bertz CT molecular complexity index is 624. The Balaban J connectivity index is 1.99. The van der Waals surface area contributed by atoms with Gasteiger partial charge in [0.2, 0.25) is 0 Å². The van der Waals surface area contributed by atoms with Crippen molar-refractivity contribution in [3.8, 4) is 5.75 Å². The largest absolute Gasteiger partial charge is 0.483 e. The summed E-state index contributed by atoms with van der Waals surface area (Å²) in [5, 5.41) is 2.79. The highest BCUT2D eigenvalue weighted by Gasteiger charge is 2.09. The van der Waals surface area contributed by atoms with E-state index in [0.29, 0.717) is 17.1 Å². The lowest BCUT2D eigenvalue weighted by molar-refractivity contribution is -0.118. The van der Waals surface area contributed by atoms with Crippen LogP contribution in [-0.2, 0) is 4.79 Å². The van der Waals surface area contributed by atoms with Gasteiger partial charge in [0.15, 0.2) is 6.61 Å². The number of rotatable bonds is 5. The number of aryl methyl sites for hydroxylation is 1. The second-order valence-electron chi connectivity index (χ2n) is 4.53. The SMILES string of the molecule is CSc1ccccc1OCC(=O)Nc1c(C)cccc1N. The summed E-state index contributed by atoms with van der Waals surface area (Å²) in [5.41, 5.74) is 7.98. The molecule has 0 radical (unpaired) electrons. The van der Waals surface area contributed by atoms with E-state index in [1.54, 1.807) is 17.8 Å². The number of benzene rings is 2. The van der Waals surface area contributed by atoms with Crippen molar-refractivity contribution in [2.24, 2.45) is 0 Å². The standard InChI is InChI=1S/C16H18N2O2S/c1-11-6-5-7-12(17)16(11)18-15(19)10-20-13-8-3-4-9-14(13)21-2/h3-9H,10,17H2,1-2H3,(H,18,19). The number of anilines is 2. The van der Waals surface area contributed by atoms with Crippen molar-refractivity contribution in [3.05, 3.63) is 48.0 Å². The van der Waals surface area contributed by atoms with E-state index in [-0.39, 0.29) is 12.5 Å². The quantitative estimate of drug-likeness (QED) is 0.657. The molecule has 0 spiro atoms. The predicted molar refractivity (Wildman–Crippen MR) is 87.9 cm³/mol. The van der Waals surface area contributed by atoms with E-state index in [0.717, 1.165) is 10.5 Å². The molecule has 0 aromatic heterocycles. The molecule has 0 aliphatic rings. The number of carbonyl (C=O) groups is 1. The van der Waals surface area contributed by atoms with Crippen LogP contribution in [0, 0.1) is 6.92 Å². The zero-order valence-electron chi connectivity index (χ0n) is 12.1. The average Bonchev–Trinajstić information content (AvgIpc) is 2.49. The van der Waals surface area contributed by atoms with Crippen LogP contribution >= 0.6 is 11.8 Å². The molecule has 0 aliphatic heterocycles. The fourth-order valence-electron chi connectivity index (χ4n) is 1.92. The van der Waals surface area contributed by atoms with Crippen molar-refractivity contribution in [2.45, 2.75) is 11.8 Å². The summed E-state index contributed by atoms with van der Waals surface area (Å²) in [4.78, 5) is 13.0. The van der Waals surface area contributed by atoms with Crippen molar-refractivity contribution >= 4 is 29.0 Å². The number of ether oxygens (including phenoxy) is 1. The van der Waals surface area contributed by atoms with Gasteiger partial charge in [-0.1, -0.05) is 24.3 Å². The summed E-state index contributed by atoms with van der Waals surface area (Å²) in [6, 6.07) is 13.1. The number of hydrogen-bond donors (Lipinski definition) is 2. The van der Waals surface area contributed by atoms with Gasteiger partial charge in [-0.05, 0) is 36.9 Å². The molecular weight excluding hydrogens is 284 g/mol. The number of carbonyl (C=O) groups excluding carboxylic acids is 1. The molecule has 2 aromatic rings. The van der Waals surface area contributed by atoms with Crippen molar-refractivity contribution < 1.29 is 9.53 Å². The van der Waals surface area contributed by atoms with Gasteiger partial charge in [-0.25, -0.2) is 0 Å². The van der Waals surface area contributed by atoms with E-state index in [1.165, 1.54) is 0 Å². The first kappa shape index (κ1) is 15.3. The molecule has 0 fully saturated rings. The molecule has 3 N–H and O–H groups in total. The highest BCUT2D eigenvalue weighted by atomic mass is 32.2. The third-order valence-corrected chi connectivity index (χ3v) is 3.77. The number of nitrogens with two attached hydrogens (primary N) is 1. The normalized spacial score (nSPS) is 10.2. The fourth-order valence-corrected chi connectivity index (χ4v) is 2.46. The van der Waals surface area contributed by atoms with Gasteiger partial charge in [-0.2, -0.15) is 0 Å². The summed E-state index contributed by atoms with van der Waals surface area (Å²) in [5.74, 6) is 0.477. The summed E-state index contributed by atoms with van der Waals surface area (Å²) in [6.07, 6.45) is 1.97. The minimum absolute atomic E-state index is 0.0503. The van der Waals surface area contributed by atoms with Crippen molar-refractivity contribution in [2.75, 3.05) is 23.9 Å². The van der Waals surface area contributed by atoms with Crippen molar-refractivity contribution in [1.29, 1.82) is 0 Å². The minimum Gasteiger partial charge on any atom is -0.483 e. The Labute approximate surface area is 128 Å². The minimum atomic E-state index is -0.230. The first-order chi connectivity index (χ1) is 10.1. The van der Waals surface area contributed by atoms with Gasteiger partial charge in [-0.3, -0.25) is 4.79 Å². The van der Waals surface area contributed by atoms with Gasteiger partial charge < -0.3 is 15.8 Å². The summed E-state index contributed by atoms with van der Waals surface area (Å²) in [6.45, 7) is 1.85. The van der Waals surface area contributed by atoms with E-state index >= 15 is 0 Å². The topological polar surface area (TPSA) is 64.3 Å². The molecule has 2 rings (SSSR count). The molecule has 0 saturated carbocycles. The molecule has 5 heteroatoms. The molecule has 4 nitrogen and oxygen atoms in total. The molecule has 0 bridgehead atoms. The van der Waals surface area contributed by atoms with Gasteiger partial charge in [0.05, 0.1) is 11.4 Å². The Morgan fingerprint density at radius 2 is 2.00 bits per heavy atom. The van der Waals surface area contributed by atoms with Gasteiger partial charge in [0.25, 0.3) is 5.91 Å². The second-order valence-corrected chi connectivity index (χ2v) is 5.37. The van der Waals surface area contributed by atoms with E-state index < -0.39 is 0 Å². The molecule has 0 aliphatic carbocycles. The molecule has 21 heavy (non-hydrogen) atoms. The summed E-state index contributed by atoms with van der Waals surface area (Å²) in [7, 11) is 0. The van der Waals surface area contributed by atoms with Gasteiger partial charge >= 0.3 is 0 Å². The number of thioether (sulfide) groups is 1. The molecule has 110 valence electrons. The first-order valence-corrected chi connectivity index (χ1v) is 7.75. The zero-order chi connectivity index (χ0) is 15.2. The van der Waals surface area contributed by atoms with Gasteiger partial charge in [0.1, 0.15) is 5.75 Å². The molecular formula is C16H18N2O2S. The van der Waals surface area contributed by atoms with E-state index in [4.69, 9.17) is 10.5 Å². The summed E-state index contributed by atoms with van der Waals surface area (Å²) >= 11 is 1.58. The van der Waals surface area contributed by atoms with Gasteiger partial charge in [-0.15, -0.1) is 11.8 Å². The maximum atomic E-state index is 12.0. The molecule has 0 atom stereocenters. The lowest BCUT2D eigenvalue weighted by atomic mass is 10.1. The van der Waals surface area contributed by atoms with Crippen LogP contribution in [0.3, 0.4) is 0 Å². The third-order valence-electron chi connectivity index (χ3n) is 3.00. The van der Waals surface area contributed by atoms with E-state index in [1.807, 2.05) is 49.6 Å². The van der Waals surface area contributed by atoms with Crippen molar-refractivity contribution in [3.63, 3.8) is 0 Å². The third kappa shape index (κ3) is 3.92. The molecule has 2 aromatic carbocycles. The maximum absolute atomic E-state index is 12.0. The number of hydrogen-bond acceptors (Lipinski definition) is 4. The van der Waals surface area contributed by atoms with Crippen LogP contribution in [0.5, 0.6) is 5.75 Å². The Hall–Kier alpha value is -2.14. The highest BCUT2D eigenvalue weighted by Crippen LogP contribution is 2.27. The Morgan fingerprint density at radius 3 is 2.71 bits per heavy atom. The molecule has 0 unspecified atom stereocenters. The average molecular weight is 302 g/mol. The smallest absolute Gasteiger partial charge is 0.262 e. The summed E-state index contributed by atoms with van der Waals surface area (Å²) < 4.78 is 5.57. The van der Waals surface area contributed by atoms with Crippen LogP contribution in [0.2, 0.25) is 0 Å². The monoisotopic (exact) mass is 302 g/mol. The van der Waals surface area contributed by atoms with Crippen LogP contribution in [0.15, 0.2) is 47.4 Å². The maximum Gasteiger partial charge on any atom is 0.262 e. The number of nitrogens with one attached hydrogen (secondary N) is 1. The molecule has 0 saturated heterocycles. The Morgan fingerprint density at radius 1 is 1.24 bits per heavy atom. The van der Waals surface area contributed by atoms with Crippen LogP contribution in [0.4, 0.5) is 11.4 Å². The van der Waals surface area contributed by atoms with Crippen LogP contribution in [-0.4, -0.2) is 18.8 Å². The van der Waals surface area contributed by atoms with Crippen LogP contribution in [0.1, 0.15) is 5.56 Å². The predicted octanol–water partition coefficient (Wildman–Crippen LogP) is 3.32. The van der Waals surface area contributed by atoms with Crippen LogP contribution in [0.25, 0.3) is 0 Å². The number of amides is 1. The zero-order valence-corrected chi connectivity index (χ0v) is 12.9. The van der Waals surface area contributed by atoms with E-state index in [2.05, 4.69) is 5.32 Å². The highest BCUT2D eigenvalue weighted by molar-refractivity contribution is 7.98. The van der Waals surface area contributed by atoms with E-state index in [9.17, 15) is 4.79 Å². The van der Waals surface area contributed by atoms with Crippen molar-refractivity contribution in [1.82, 2.24) is 0 Å². The number of nitrogen functional groups attached to an aromatic ring is 1. The molecule has 0 heterocycles. The lowest BCUT2D eigenvalue weighted by Gasteiger charge is -2.12.